The molecule has 0 radical (unpaired) electrons. The molecule has 0 aliphatic rings. The van der Waals surface area contributed by atoms with Crippen molar-refractivity contribution in [3.05, 3.63) is 35.4 Å². The van der Waals surface area contributed by atoms with E-state index in [4.69, 9.17) is 0 Å². The smallest absolute Gasteiger partial charge is 0.0231 e. The lowest BCUT2D eigenvalue weighted by Crippen LogP contribution is -2.35. The molecule has 0 saturated carbocycles. The second kappa shape index (κ2) is 7.77. The molecule has 0 aliphatic heterocycles. The van der Waals surface area contributed by atoms with Crippen molar-refractivity contribution < 1.29 is 0 Å². The van der Waals surface area contributed by atoms with Gasteiger partial charge in [0.25, 0.3) is 0 Å². The van der Waals surface area contributed by atoms with Crippen molar-refractivity contribution in [2.24, 2.45) is 0 Å². The van der Waals surface area contributed by atoms with Crippen LogP contribution in [0.15, 0.2) is 24.3 Å². The molecule has 0 fully saturated rings. The minimum absolute atomic E-state index is 0.172. The summed E-state index contributed by atoms with van der Waals surface area (Å²) in [4.78, 5) is 4.58. The largest absolute Gasteiger partial charge is 0.308 e. The Morgan fingerprint density at radius 2 is 1.45 bits per heavy atom. The minimum atomic E-state index is 0.172. The molecule has 0 spiro atoms. The molecule has 0 amide bonds. The van der Waals surface area contributed by atoms with Gasteiger partial charge in [-0.05, 0) is 53.0 Å². The molecule has 3 heteroatoms. The van der Waals surface area contributed by atoms with Gasteiger partial charge in [-0.1, -0.05) is 24.3 Å². The molecule has 20 heavy (non-hydrogen) atoms. The summed E-state index contributed by atoms with van der Waals surface area (Å²) < 4.78 is 0. The summed E-state index contributed by atoms with van der Waals surface area (Å²) in [5.74, 6) is 0. The first-order chi connectivity index (χ1) is 9.26. The van der Waals surface area contributed by atoms with E-state index in [1.54, 1.807) is 0 Å². The van der Waals surface area contributed by atoms with E-state index in [1.807, 2.05) is 0 Å². The molecular formula is C17H31N3. The Hall–Kier alpha value is -0.900. The number of likely N-dealkylation sites (N-methyl/N-ethyl adjacent to an activating group) is 2. The zero-order chi connectivity index (χ0) is 15.2. The highest BCUT2D eigenvalue weighted by Gasteiger charge is 2.08. The van der Waals surface area contributed by atoms with Crippen LogP contribution in [0.2, 0.25) is 0 Å². The quantitative estimate of drug-likeness (QED) is 0.826. The standard InChI is InChI=1S/C17H31N3/c1-17(2,3)18-13-15-7-9-16(10-8-15)14-20(6)12-11-19(4)5/h7-10,18H,11-14H2,1-6H3. The van der Waals surface area contributed by atoms with Crippen molar-refractivity contribution in [1.82, 2.24) is 15.1 Å². The zero-order valence-corrected chi connectivity index (χ0v) is 14.0. The molecule has 0 bridgehead atoms. The summed E-state index contributed by atoms with van der Waals surface area (Å²) in [5, 5.41) is 3.52. The van der Waals surface area contributed by atoms with Gasteiger partial charge in [-0.2, -0.15) is 0 Å². The SMILES string of the molecule is CN(C)CCN(C)Cc1ccc(CNC(C)(C)C)cc1. The monoisotopic (exact) mass is 277 g/mol. The minimum Gasteiger partial charge on any atom is -0.308 e. The predicted molar refractivity (Wildman–Crippen MR) is 87.9 cm³/mol. The van der Waals surface area contributed by atoms with Crippen molar-refractivity contribution in [2.45, 2.75) is 39.4 Å². The fourth-order valence-electron chi connectivity index (χ4n) is 1.89. The topological polar surface area (TPSA) is 18.5 Å². The Morgan fingerprint density at radius 3 is 1.95 bits per heavy atom. The Labute approximate surface area is 125 Å². The second-order valence-corrected chi connectivity index (χ2v) is 6.96. The van der Waals surface area contributed by atoms with Crippen LogP contribution in [0.1, 0.15) is 31.9 Å². The summed E-state index contributed by atoms with van der Waals surface area (Å²) in [6, 6.07) is 8.94. The predicted octanol–water partition coefficient (Wildman–Crippen LogP) is 2.57. The van der Waals surface area contributed by atoms with E-state index in [-0.39, 0.29) is 5.54 Å². The zero-order valence-electron chi connectivity index (χ0n) is 14.0. The lowest BCUT2D eigenvalue weighted by Gasteiger charge is -2.21. The van der Waals surface area contributed by atoms with Crippen molar-refractivity contribution in [1.29, 1.82) is 0 Å². The summed E-state index contributed by atoms with van der Waals surface area (Å²) in [6.07, 6.45) is 0. The van der Waals surface area contributed by atoms with Crippen molar-refractivity contribution >= 4 is 0 Å². The third kappa shape index (κ3) is 7.63. The van der Waals surface area contributed by atoms with Crippen molar-refractivity contribution in [3.8, 4) is 0 Å². The molecule has 0 saturated heterocycles. The highest BCUT2D eigenvalue weighted by molar-refractivity contribution is 5.22. The van der Waals surface area contributed by atoms with Crippen LogP contribution in [-0.4, -0.2) is 49.6 Å². The average Bonchev–Trinajstić information content (AvgIpc) is 2.34. The number of rotatable bonds is 7. The molecule has 1 aromatic carbocycles. The molecule has 0 aliphatic carbocycles. The number of nitrogens with zero attached hydrogens (tertiary/aromatic N) is 2. The lowest BCUT2D eigenvalue weighted by molar-refractivity contribution is 0.276. The highest BCUT2D eigenvalue weighted by Crippen LogP contribution is 2.08. The Kier molecular flexibility index (Phi) is 6.66. The van der Waals surface area contributed by atoms with Gasteiger partial charge in [-0.25, -0.2) is 0 Å². The van der Waals surface area contributed by atoms with Gasteiger partial charge in [0.2, 0.25) is 0 Å². The summed E-state index contributed by atoms with van der Waals surface area (Å²) in [7, 11) is 6.41. The highest BCUT2D eigenvalue weighted by atomic mass is 15.1. The van der Waals surface area contributed by atoms with Gasteiger partial charge in [0.15, 0.2) is 0 Å². The number of hydrogen-bond acceptors (Lipinski definition) is 3. The van der Waals surface area contributed by atoms with Crippen LogP contribution in [-0.2, 0) is 13.1 Å². The van der Waals surface area contributed by atoms with E-state index in [0.29, 0.717) is 0 Å². The van der Waals surface area contributed by atoms with Gasteiger partial charge in [0, 0.05) is 31.7 Å². The van der Waals surface area contributed by atoms with E-state index in [2.05, 4.69) is 81.3 Å². The molecule has 0 atom stereocenters. The van der Waals surface area contributed by atoms with Crippen LogP contribution in [0.4, 0.5) is 0 Å². The van der Waals surface area contributed by atoms with Gasteiger partial charge < -0.3 is 15.1 Å². The van der Waals surface area contributed by atoms with Crippen LogP contribution >= 0.6 is 0 Å². The molecule has 0 aromatic heterocycles. The maximum Gasteiger partial charge on any atom is 0.0231 e. The summed E-state index contributed by atoms with van der Waals surface area (Å²) >= 11 is 0. The first-order valence-electron chi connectivity index (χ1n) is 7.42. The third-order valence-electron chi connectivity index (χ3n) is 3.23. The fraction of sp³-hybridized carbons (Fsp3) is 0.647. The van der Waals surface area contributed by atoms with Crippen LogP contribution in [0.3, 0.4) is 0 Å². The van der Waals surface area contributed by atoms with E-state index in [9.17, 15) is 0 Å². The van der Waals surface area contributed by atoms with Gasteiger partial charge in [-0.15, -0.1) is 0 Å². The first-order valence-corrected chi connectivity index (χ1v) is 7.42. The second-order valence-electron chi connectivity index (χ2n) is 6.96. The van der Waals surface area contributed by atoms with Crippen molar-refractivity contribution in [2.75, 3.05) is 34.2 Å². The van der Waals surface area contributed by atoms with Gasteiger partial charge in [0.05, 0.1) is 0 Å². The van der Waals surface area contributed by atoms with Crippen LogP contribution in [0, 0.1) is 0 Å². The summed E-state index contributed by atoms with van der Waals surface area (Å²) in [5.41, 5.74) is 2.90. The third-order valence-corrected chi connectivity index (χ3v) is 3.23. The van der Waals surface area contributed by atoms with Crippen LogP contribution in [0.25, 0.3) is 0 Å². The maximum atomic E-state index is 3.52. The molecule has 0 heterocycles. The van der Waals surface area contributed by atoms with Gasteiger partial charge in [-0.3, -0.25) is 0 Å². The first kappa shape index (κ1) is 17.2. The lowest BCUT2D eigenvalue weighted by atomic mass is 10.1. The van der Waals surface area contributed by atoms with Gasteiger partial charge in [0.1, 0.15) is 0 Å². The Balaban J connectivity index is 2.42. The van der Waals surface area contributed by atoms with Crippen LogP contribution in [0.5, 0.6) is 0 Å². The van der Waals surface area contributed by atoms with E-state index in [0.717, 1.165) is 26.2 Å². The average molecular weight is 277 g/mol. The van der Waals surface area contributed by atoms with Crippen molar-refractivity contribution in [3.63, 3.8) is 0 Å². The summed E-state index contributed by atoms with van der Waals surface area (Å²) in [6.45, 7) is 10.7. The maximum absolute atomic E-state index is 3.52. The number of hydrogen-bond donors (Lipinski definition) is 1. The Morgan fingerprint density at radius 1 is 0.900 bits per heavy atom. The number of nitrogens with one attached hydrogen (secondary N) is 1. The van der Waals surface area contributed by atoms with E-state index in [1.165, 1.54) is 11.1 Å². The van der Waals surface area contributed by atoms with Gasteiger partial charge >= 0.3 is 0 Å². The molecule has 1 N–H and O–H groups in total. The molecule has 1 aromatic rings. The molecule has 114 valence electrons. The molecule has 0 unspecified atom stereocenters. The molecule has 3 nitrogen and oxygen atoms in total. The van der Waals surface area contributed by atoms with Crippen LogP contribution < -0.4 is 5.32 Å². The number of benzene rings is 1. The Bertz CT molecular complexity index is 376. The van der Waals surface area contributed by atoms with E-state index < -0.39 is 0 Å². The normalized spacial score (nSPS) is 12.4. The molecular weight excluding hydrogens is 246 g/mol. The fourth-order valence-corrected chi connectivity index (χ4v) is 1.89. The molecule has 1 rings (SSSR count). The van der Waals surface area contributed by atoms with E-state index >= 15 is 0 Å².